The van der Waals surface area contributed by atoms with Gasteiger partial charge in [0, 0.05) is 48.1 Å². The largest absolute Gasteiger partial charge is 0.454 e. The van der Waals surface area contributed by atoms with Gasteiger partial charge in [-0.25, -0.2) is 0 Å². The van der Waals surface area contributed by atoms with E-state index in [9.17, 15) is 4.79 Å². The van der Waals surface area contributed by atoms with Crippen LogP contribution >= 0.6 is 0 Å². The Morgan fingerprint density at radius 3 is 2.72 bits per heavy atom. The number of amides is 1. The van der Waals surface area contributed by atoms with E-state index in [4.69, 9.17) is 9.47 Å². The molecule has 1 unspecified atom stereocenters. The van der Waals surface area contributed by atoms with Crippen molar-refractivity contribution in [3.05, 3.63) is 95.2 Å². The molecule has 1 aromatic heterocycles. The maximum atomic E-state index is 13.6. The summed E-state index contributed by atoms with van der Waals surface area (Å²) in [6, 6.07) is 22.6. The molecular formula is C27H24N2O3. The van der Waals surface area contributed by atoms with Crippen molar-refractivity contribution in [1.82, 2.24) is 9.88 Å². The molecule has 160 valence electrons. The Bertz CT molecular complexity index is 1310. The first kappa shape index (κ1) is 19.0. The van der Waals surface area contributed by atoms with Gasteiger partial charge < -0.3 is 19.4 Å². The van der Waals surface area contributed by atoms with Gasteiger partial charge in [0.1, 0.15) is 0 Å². The number of carbonyl (C=O) groups excluding carboxylic acids is 1. The predicted molar refractivity (Wildman–Crippen MR) is 123 cm³/mol. The minimum absolute atomic E-state index is 0.132. The molecule has 1 N–H and O–H groups in total. The number of fused-ring (bicyclic) bond motifs is 3. The topological polar surface area (TPSA) is 54.6 Å². The number of aromatic amines is 1. The van der Waals surface area contributed by atoms with Crippen LogP contribution in [-0.4, -0.2) is 29.1 Å². The Morgan fingerprint density at radius 1 is 0.938 bits per heavy atom. The first-order valence-electron chi connectivity index (χ1n) is 11.1. The van der Waals surface area contributed by atoms with Crippen LogP contribution < -0.4 is 9.47 Å². The zero-order valence-electron chi connectivity index (χ0n) is 17.7. The van der Waals surface area contributed by atoms with E-state index in [2.05, 4.69) is 41.4 Å². The Hall–Kier alpha value is -3.73. The highest BCUT2D eigenvalue weighted by atomic mass is 16.7. The van der Waals surface area contributed by atoms with E-state index >= 15 is 0 Å². The van der Waals surface area contributed by atoms with Crippen molar-refractivity contribution in [2.45, 2.75) is 25.3 Å². The highest BCUT2D eigenvalue weighted by Crippen LogP contribution is 2.44. The lowest BCUT2D eigenvalue weighted by Crippen LogP contribution is -2.36. The Kier molecular flexibility index (Phi) is 4.60. The van der Waals surface area contributed by atoms with E-state index in [1.165, 1.54) is 11.1 Å². The van der Waals surface area contributed by atoms with Gasteiger partial charge in [0.15, 0.2) is 11.5 Å². The van der Waals surface area contributed by atoms with Crippen LogP contribution in [0.15, 0.2) is 72.9 Å². The molecular weight excluding hydrogens is 400 g/mol. The molecule has 5 nitrogen and oxygen atoms in total. The average molecular weight is 425 g/mol. The summed E-state index contributed by atoms with van der Waals surface area (Å²) in [7, 11) is 0. The standard InChI is InChI=1S/C27H24N2O3/c30-26(29-13-12-18-6-1-2-7-19(18)16-29)14-22(21-9-5-11-25-27(21)32-17-31-25)23-15-28-24-10-4-3-8-20(23)24/h1-11,15,22,28H,12-14,16-17H2. The van der Waals surface area contributed by atoms with Gasteiger partial charge in [0.05, 0.1) is 0 Å². The molecule has 5 heteroatoms. The molecule has 32 heavy (non-hydrogen) atoms. The van der Waals surface area contributed by atoms with Gasteiger partial charge in [-0.2, -0.15) is 0 Å². The van der Waals surface area contributed by atoms with Crippen molar-refractivity contribution < 1.29 is 14.3 Å². The van der Waals surface area contributed by atoms with Crippen molar-refractivity contribution in [3.8, 4) is 11.5 Å². The molecule has 1 amide bonds. The summed E-state index contributed by atoms with van der Waals surface area (Å²) in [5.41, 5.74) is 5.76. The first-order valence-corrected chi connectivity index (χ1v) is 11.1. The summed E-state index contributed by atoms with van der Waals surface area (Å²) in [4.78, 5) is 18.9. The second-order valence-electron chi connectivity index (χ2n) is 8.46. The Balaban J connectivity index is 1.37. The van der Waals surface area contributed by atoms with Crippen LogP contribution in [0.25, 0.3) is 10.9 Å². The second kappa shape index (κ2) is 7.75. The zero-order chi connectivity index (χ0) is 21.5. The SMILES string of the molecule is O=C(CC(c1cccc2c1OCO2)c1c[nH]c2ccccc12)N1CCc2ccccc2C1. The number of nitrogens with zero attached hydrogens (tertiary/aromatic N) is 1. The molecule has 1 atom stereocenters. The number of rotatable bonds is 4. The van der Waals surface area contributed by atoms with Crippen LogP contribution in [0.2, 0.25) is 0 Å². The molecule has 0 saturated carbocycles. The molecule has 0 bridgehead atoms. The van der Waals surface area contributed by atoms with E-state index < -0.39 is 0 Å². The maximum absolute atomic E-state index is 13.6. The summed E-state index contributed by atoms with van der Waals surface area (Å²) < 4.78 is 11.5. The van der Waals surface area contributed by atoms with Gasteiger partial charge >= 0.3 is 0 Å². The third-order valence-electron chi connectivity index (χ3n) is 6.66. The molecule has 3 aromatic carbocycles. The molecule has 2 aliphatic heterocycles. The predicted octanol–water partition coefficient (Wildman–Crippen LogP) is 5.00. The number of carbonyl (C=O) groups is 1. The smallest absolute Gasteiger partial charge is 0.231 e. The number of para-hydroxylation sites is 2. The van der Waals surface area contributed by atoms with Gasteiger partial charge in [0.2, 0.25) is 12.7 Å². The number of hydrogen-bond donors (Lipinski definition) is 1. The number of aromatic nitrogens is 1. The molecule has 3 heterocycles. The minimum atomic E-state index is -0.132. The molecule has 2 aliphatic rings. The summed E-state index contributed by atoms with van der Waals surface area (Å²) in [5, 5.41) is 1.13. The minimum Gasteiger partial charge on any atom is -0.454 e. The van der Waals surface area contributed by atoms with Crippen molar-refractivity contribution >= 4 is 16.8 Å². The lowest BCUT2D eigenvalue weighted by atomic mass is 9.86. The fourth-order valence-corrected chi connectivity index (χ4v) is 5.01. The normalized spacial score (nSPS) is 15.6. The van der Waals surface area contributed by atoms with Crippen molar-refractivity contribution in [1.29, 1.82) is 0 Å². The highest BCUT2D eigenvalue weighted by Gasteiger charge is 2.30. The van der Waals surface area contributed by atoms with E-state index in [1.54, 1.807) is 0 Å². The number of benzene rings is 3. The fourth-order valence-electron chi connectivity index (χ4n) is 5.01. The Morgan fingerprint density at radius 2 is 1.78 bits per heavy atom. The summed E-state index contributed by atoms with van der Waals surface area (Å²) in [6.07, 6.45) is 3.31. The van der Waals surface area contributed by atoms with Gasteiger partial charge in [-0.15, -0.1) is 0 Å². The van der Waals surface area contributed by atoms with Crippen molar-refractivity contribution in [2.24, 2.45) is 0 Å². The number of ether oxygens (including phenoxy) is 2. The van der Waals surface area contributed by atoms with Crippen molar-refractivity contribution in [2.75, 3.05) is 13.3 Å². The van der Waals surface area contributed by atoms with Gasteiger partial charge in [-0.3, -0.25) is 4.79 Å². The lowest BCUT2D eigenvalue weighted by Gasteiger charge is -2.30. The summed E-state index contributed by atoms with van der Waals surface area (Å²) in [5.74, 6) is 1.52. The molecule has 0 radical (unpaired) electrons. The van der Waals surface area contributed by atoms with Crippen LogP contribution in [0.4, 0.5) is 0 Å². The highest BCUT2D eigenvalue weighted by molar-refractivity contribution is 5.86. The molecule has 0 aliphatic carbocycles. The van der Waals surface area contributed by atoms with Crippen LogP contribution in [0, 0.1) is 0 Å². The monoisotopic (exact) mass is 424 g/mol. The van der Waals surface area contributed by atoms with Gasteiger partial charge in [-0.05, 0) is 35.2 Å². The first-order chi connectivity index (χ1) is 15.8. The second-order valence-corrected chi connectivity index (χ2v) is 8.46. The van der Waals surface area contributed by atoms with E-state index in [1.807, 2.05) is 41.4 Å². The number of H-pyrrole nitrogens is 1. The van der Waals surface area contributed by atoms with E-state index in [0.717, 1.165) is 46.5 Å². The van der Waals surface area contributed by atoms with Crippen LogP contribution in [-0.2, 0) is 17.8 Å². The van der Waals surface area contributed by atoms with Crippen molar-refractivity contribution in [3.63, 3.8) is 0 Å². The fraction of sp³-hybridized carbons (Fsp3) is 0.222. The molecule has 4 aromatic rings. The van der Waals surface area contributed by atoms with Gasteiger partial charge in [0.25, 0.3) is 0 Å². The third-order valence-corrected chi connectivity index (χ3v) is 6.66. The van der Waals surface area contributed by atoms with Crippen LogP contribution in [0.3, 0.4) is 0 Å². The number of hydrogen-bond acceptors (Lipinski definition) is 3. The van der Waals surface area contributed by atoms with E-state index in [-0.39, 0.29) is 18.6 Å². The molecule has 0 fully saturated rings. The maximum Gasteiger partial charge on any atom is 0.231 e. The van der Waals surface area contributed by atoms with Crippen LogP contribution in [0.1, 0.15) is 34.6 Å². The van der Waals surface area contributed by atoms with Crippen LogP contribution in [0.5, 0.6) is 11.5 Å². The molecule has 0 spiro atoms. The Labute approximate surface area is 186 Å². The zero-order valence-corrected chi connectivity index (χ0v) is 17.7. The van der Waals surface area contributed by atoms with E-state index in [0.29, 0.717) is 13.0 Å². The molecule has 6 rings (SSSR count). The molecule has 0 saturated heterocycles. The average Bonchev–Trinajstić information content (AvgIpc) is 3.49. The summed E-state index contributed by atoms with van der Waals surface area (Å²) >= 11 is 0. The number of nitrogens with one attached hydrogen (secondary N) is 1. The third kappa shape index (κ3) is 3.21. The quantitative estimate of drug-likeness (QED) is 0.501. The summed E-state index contributed by atoms with van der Waals surface area (Å²) in [6.45, 7) is 1.63. The lowest BCUT2D eigenvalue weighted by molar-refractivity contribution is -0.132. The van der Waals surface area contributed by atoms with Gasteiger partial charge in [-0.1, -0.05) is 54.6 Å².